The quantitative estimate of drug-likeness (QED) is 0.672. The van der Waals surface area contributed by atoms with Crippen molar-refractivity contribution in [2.24, 2.45) is 5.10 Å². The molecule has 1 fully saturated rings. The molecule has 7 heteroatoms. The third-order valence-corrected chi connectivity index (χ3v) is 5.96. The van der Waals surface area contributed by atoms with Crippen molar-refractivity contribution in [1.82, 2.24) is 9.88 Å². The monoisotopic (exact) mass is 437 g/mol. The van der Waals surface area contributed by atoms with Crippen molar-refractivity contribution in [3.63, 3.8) is 0 Å². The minimum absolute atomic E-state index is 0.0298. The number of hydrogen-bond acceptors (Lipinski definition) is 6. The maximum Gasteiger partial charge on any atom is 0.254 e. The number of aryl methyl sites for hydroxylation is 1. The van der Waals surface area contributed by atoms with Crippen molar-refractivity contribution < 1.29 is 9.53 Å². The van der Waals surface area contributed by atoms with Crippen molar-refractivity contribution >= 4 is 17.4 Å². The van der Waals surface area contributed by atoms with Gasteiger partial charge in [-0.3, -0.25) is 10.2 Å². The molecular formula is C26H23N5O2. The number of nitrogens with zero attached hydrogens (tertiary/aromatic N) is 4. The number of pyridine rings is 1. The van der Waals surface area contributed by atoms with E-state index in [-0.39, 0.29) is 5.91 Å². The van der Waals surface area contributed by atoms with Crippen LogP contribution in [0.15, 0.2) is 65.9 Å². The molecular weight excluding hydrogens is 414 g/mol. The number of nitrogens with one attached hydrogen (secondary N) is 1. The van der Waals surface area contributed by atoms with Gasteiger partial charge in [-0.25, -0.2) is 4.98 Å². The minimum atomic E-state index is 0.0298. The summed E-state index contributed by atoms with van der Waals surface area (Å²) in [5, 5.41) is 13.7. The number of hydrogen-bond donors (Lipinski definition) is 1. The van der Waals surface area contributed by atoms with E-state index in [1.54, 1.807) is 12.3 Å². The highest BCUT2D eigenvalue weighted by atomic mass is 16.5. The average Bonchev–Trinajstić information content (AvgIpc) is 3.11. The van der Waals surface area contributed by atoms with Crippen molar-refractivity contribution in [1.29, 1.82) is 5.26 Å². The summed E-state index contributed by atoms with van der Waals surface area (Å²) >= 11 is 0. The zero-order valence-electron chi connectivity index (χ0n) is 18.1. The van der Waals surface area contributed by atoms with Crippen LogP contribution in [-0.2, 0) is 11.2 Å². The number of morpholine rings is 1. The van der Waals surface area contributed by atoms with Crippen molar-refractivity contribution in [3.05, 3.63) is 83.0 Å². The number of aromatic nitrogens is 1. The third-order valence-electron chi connectivity index (χ3n) is 5.96. The molecule has 0 aliphatic carbocycles. The molecule has 0 spiro atoms. The SMILES string of the molecule is N#Cc1cccc(C2=NNc3ncc(-c4cccc(C(=O)N5CCOCC5)c4)cc3CC2)c1. The molecule has 2 aromatic carbocycles. The Morgan fingerprint density at radius 1 is 1.00 bits per heavy atom. The smallest absolute Gasteiger partial charge is 0.254 e. The largest absolute Gasteiger partial charge is 0.378 e. The first-order chi connectivity index (χ1) is 16.2. The number of carbonyl (C=O) groups is 1. The summed E-state index contributed by atoms with van der Waals surface area (Å²) in [6.07, 6.45) is 3.31. The number of benzene rings is 2. The van der Waals surface area contributed by atoms with Crippen LogP contribution in [0, 0.1) is 11.3 Å². The number of ether oxygens (including phenoxy) is 1. The number of carbonyl (C=O) groups excluding carboxylic acids is 1. The van der Waals surface area contributed by atoms with Crippen molar-refractivity contribution in [2.75, 3.05) is 31.7 Å². The highest BCUT2D eigenvalue weighted by Crippen LogP contribution is 2.27. The van der Waals surface area contributed by atoms with Gasteiger partial charge >= 0.3 is 0 Å². The summed E-state index contributed by atoms with van der Waals surface area (Å²) in [6, 6.07) is 19.5. The van der Waals surface area contributed by atoms with Crippen LogP contribution in [0.4, 0.5) is 5.82 Å². The van der Waals surface area contributed by atoms with E-state index in [1.807, 2.05) is 47.4 Å². The standard InChI is InChI=1S/C26H23N5O2/c27-16-18-3-1-5-20(13-18)24-8-7-21-15-23(17-28-25(21)30-29-24)19-4-2-6-22(14-19)26(32)31-9-11-33-12-10-31/h1-6,13-15,17H,7-12H2,(H,28,30). The van der Waals surface area contributed by atoms with Crippen LogP contribution in [0.2, 0.25) is 0 Å². The van der Waals surface area contributed by atoms with Gasteiger partial charge in [-0.15, -0.1) is 0 Å². The Bertz CT molecular complexity index is 1270. The Balaban J connectivity index is 1.36. The van der Waals surface area contributed by atoms with Gasteiger partial charge in [-0.1, -0.05) is 24.3 Å². The summed E-state index contributed by atoms with van der Waals surface area (Å²) in [7, 11) is 0. The lowest BCUT2D eigenvalue weighted by Crippen LogP contribution is -2.40. The molecule has 0 bridgehead atoms. The summed E-state index contributed by atoms with van der Waals surface area (Å²) < 4.78 is 5.36. The Morgan fingerprint density at radius 3 is 2.67 bits per heavy atom. The molecule has 1 saturated heterocycles. The van der Waals surface area contributed by atoms with Gasteiger partial charge in [-0.2, -0.15) is 10.4 Å². The van der Waals surface area contributed by atoms with Gasteiger partial charge in [0, 0.05) is 30.4 Å². The minimum Gasteiger partial charge on any atom is -0.378 e. The van der Waals surface area contributed by atoms with Crippen molar-refractivity contribution in [3.8, 4) is 17.2 Å². The summed E-state index contributed by atoms with van der Waals surface area (Å²) in [5.74, 6) is 0.757. The maximum absolute atomic E-state index is 12.9. The second kappa shape index (κ2) is 9.23. The van der Waals surface area contributed by atoms with Gasteiger partial charge in [0.2, 0.25) is 0 Å². The fraction of sp³-hybridized carbons (Fsp3) is 0.231. The van der Waals surface area contributed by atoms with Gasteiger partial charge in [0.25, 0.3) is 5.91 Å². The molecule has 5 rings (SSSR count). The Kier molecular flexibility index (Phi) is 5.83. The molecule has 0 saturated carbocycles. The summed E-state index contributed by atoms with van der Waals surface area (Å²) in [4.78, 5) is 19.3. The maximum atomic E-state index is 12.9. The molecule has 3 heterocycles. The first-order valence-electron chi connectivity index (χ1n) is 11.0. The second-order valence-corrected chi connectivity index (χ2v) is 8.08. The van der Waals surface area contributed by atoms with Crippen LogP contribution in [0.1, 0.15) is 33.5 Å². The van der Waals surface area contributed by atoms with Gasteiger partial charge in [0.15, 0.2) is 0 Å². The lowest BCUT2D eigenvalue weighted by Gasteiger charge is -2.27. The lowest BCUT2D eigenvalue weighted by molar-refractivity contribution is 0.0303. The Hall–Kier alpha value is -4.02. The van der Waals surface area contributed by atoms with Gasteiger partial charge in [0.1, 0.15) is 5.82 Å². The molecule has 3 aromatic rings. The van der Waals surface area contributed by atoms with Crippen LogP contribution in [-0.4, -0.2) is 47.8 Å². The normalized spacial score (nSPS) is 15.5. The molecule has 2 aliphatic heterocycles. The van der Waals surface area contributed by atoms with Crippen molar-refractivity contribution in [2.45, 2.75) is 12.8 Å². The van der Waals surface area contributed by atoms with Crippen LogP contribution in [0.3, 0.4) is 0 Å². The predicted molar refractivity (Wildman–Crippen MR) is 126 cm³/mol. The molecule has 7 nitrogen and oxygen atoms in total. The molecule has 2 aliphatic rings. The van der Waals surface area contributed by atoms with Gasteiger partial charge in [0.05, 0.1) is 30.6 Å². The molecule has 1 aromatic heterocycles. The zero-order valence-corrected chi connectivity index (χ0v) is 18.1. The first kappa shape index (κ1) is 20.9. The van der Waals surface area contributed by atoms with E-state index in [2.05, 4.69) is 27.6 Å². The third kappa shape index (κ3) is 4.47. The molecule has 33 heavy (non-hydrogen) atoms. The zero-order chi connectivity index (χ0) is 22.6. The Labute approximate surface area is 192 Å². The lowest BCUT2D eigenvalue weighted by atomic mass is 9.98. The second-order valence-electron chi connectivity index (χ2n) is 8.08. The molecule has 0 unspecified atom stereocenters. The van der Waals surface area contributed by atoms with Crippen LogP contribution < -0.4 is 5.43 Å². The van der Waals surface area contributed by atoms with E-state index in [9.17, 15) is 10.1 Å². The van der Waals surface area contributed by atoms with Crippen LogP contribution in [0.25, 0.3) is 11.1 Å². The first-order valence-corrected chi connectivity index (χ1v) is 11.0. The molecule has 1 N–H and O–H groups in total. The van der Waals surface area contributed by atoms with Crippen LogP contribution >= 0.6 is 0 Å². The van der Waals surface area contributed by atoms with E-state index < -0.39 is 0 Å². The molecule has 1 amide bonds. The van der Waals surface area contributed by atoms with Crippen LogP contribution in [0.5, 0.6) is 0 Å². The number of fused-ring (bicyclic) bond motifs is 1. The van der Waals surface area contributed by atoms with E-state index in [4.69, 9.17) is 4.74 Å². The van der Waals surface area contributed by atoms with Gasteiger partial charge < -0.3 is 9.64 Å². The number of nitriles is 1. The number of anilines is 1. The van der Waals surface area contributed by atoms with Gasteiger partial charge in [-0.05, 0) is 59.9 Å². The predicted octanol–water partition coefficient (Wildman–Crippen LogP) is 3.86. The van der Waals surface area contributed by atoms with E-state index in [0.717, 1.165) is 46.6 Å². The topological polar surface area (TPSA) is 90.6 Å². The Morgan fingerprint density at radius 2 is 1.82 bits per heavy atom. The highest BCUT2D eigenvalue weighted by molar-refractivity contribution is 6.01. The molecule has 0 radical (unpaired) electrons. The number of hydrazone groups is 1. The van der Waals surface area contributed by atoms with E-state index in [1.165, 1.54) is 0 Å². The number of rotatable bonds is 3. The summed E-state index contributed by atoms with van der Waals surface area (Å²) in [5.41, 5.74) is 9.18. The van der Waals surface area contributed by atoms with E-state index >= 15 is 0 Å². The summed E-state index contributed by atoms with van der Waals surface area (Å²) in [6.45, 7) is 2.40. The molecule has 164 valence electrons. The number of amides is 1. The average molecular weight is 438 g/mol. The molecule has 0 atom stereocenters. The van der Waals surface area contributed by atoms with E-state index in [0.29, 0.717) is 37.4 Å². The highest BCUT2D eigenvalue weighted by Gasteiger charge is 2.19. The fourth-order valence-corrected chi connectivity index (χ4v) is 4.15. The fourth-order valence-electron chi connectivity index (χ4n) is 4.15.